The lowest BCUT2D eigenvalue weighted by atomic mass is 9.84. The van der Waals surface area contributed by atoms with Gasteiger partial charge >= 0.3 is 5.97 Å². The van der Waals surface area contributed by atoms with Crippen molar-refractivity contribution in [3.8, 4) is 23.0 Å². The number of allylic oxidation sites excluding steroid dienone is 1. The molecule has 5 rings (SSSR count). The Bertz CT molecular complexity index is 1650. The number of furan rings is 1. The predicted octanol–water partition coefficient (Wildman–Crippen LogP) is 4.86. The van der Waals surface area contributed by atoms with Crippen LogP contribution < -0.4 is 20.1 Å². The molecule has 3 heterocycles. The number of phenols is 2. The summed E-state index contributed by atoms with van der Waals surface area (Å²) in [6.45, 7) is 1.55. The third-order valence-corrected chi connectivity index (χ3v) is 8.07. The lowest BCUT2D eigenvalue weighted by Gasteiger charge is -2.23. The van der Waals surface area contributed by atoms with Gasteiger partial charge in [0.25, 0.3) is 0 Å². The van der Waals surface area contributed by atoms with Crippen molar-refractivity contribution < 1.29 is 48.0 Å². The second kappa shape index (κ2) is 15.4. The summed E-state index contributed by atoms with van der Waals surface area (Å²) in [5.74, 6) is -2.04. The number of carbonyl (C=O) groups excluding carboxylic acids is 4. The molecule has 1 aromatic heterocycles. The number of cyclic esters (lactones) is 1. The lowest BCUT2D eigenvalue weighted by molar-refractivity contribution is -0.126. The van der Waals surface area contributed by atoms with Gasteiger partial charge in [-0.05, 0) is 74.1 Å². The molecule has 0 aliphatic carbocycles. The summed E-state index contributed by atoms with van der Waals surface area (Å²) in [5, 5.41) is 28.3. The number of esters is 1. The van der Waals surface area contributed by atoms with Gasteiger partial charge in [0, 0.05) is 30.7 Å². The van der Waals surface area contributed by atoms with E-state index in [1.165, 1.54) is 12.3 Å². The Labute approximate surface area is 271 Å². The number of carbonyl (C=O) groups is 4. The van der Waals surface area contributed by atoms with Gasteiger partial charge in [0.2, 0.25) is 18.6 Å². The smallest absolute Gasteiger partial charge is 0.342 e. The molecule has 4 N–H and O–H groups in total. The van der Waals surface area contributed by atoms with Crippen LogP contribution in [0.2, 0.25) is 0 Å². The monoisotopic (exact) mass is 646 g/mol. The van der Waals surface area contributed by atoms with Crippen LogP contribution >= 0.6 is 0 Å². The van der Waals surface area contributed by atoms with E-state index in [-0.39, 0.29) is 54.5 Å². The molecule has 1 unspecified atom stereocenters. The van der Waals surface area contributed by atoms with Crippen molar-refractivity contribution in [2.75, 3.05) is 13.3 Å². The van der Waals surface area contributed by atoms with Crippen LogP contribution in [0.15, 0.2) is 53.2 Å². The second-order valence-corrected chi connectivity index (χ2v) is 11.6. The maximum Gasteiger partial charge on any atom is 0.342 e. The van der Waals surface area contributed by atoms with E-state index in [9.17, 15) is 29.4 Å². The molecule has 2 atom stereocenters. The van der Waals surface area contributed by atoms with E-state index in [0.29, 0.717) is 61.3 Å². The van der Waals surface area contributed by atoms with Gasteiger partial charge in [-0.15, -0.1) is 0 Å². The van der Waals surface area contributed by atoms with Crippen LogP contribution in [-0.4, -0.2) is 53.2 Å². The fourth-order valence-corrected chi connectivity index (χ4v) is 5.63. The second-order valence-electron chi connectivity index (χ2n) is 11.6. The molecule has 248 valence electrons. The quantitative estimate of drug-likeness (QED) is 0.248. The molecule has 12 heteroatoms. The van der Waals surface area contributed by atoms with E-state index < -0.39 is 35.6 Å². The molecule has 0 bridgehead atoms. The number of phenolic OH excluding ortho intramolecular Hbond substituents is 2. The fourth-order valence-electron chi connectivity index (χ4n) is 5.63. The summed E-state index contributed by atoms with van der Waals surface area (Å²) in [4.78, 5) is 51.4. The minimum Gasteiger partial charge on any atom is -0.507 e. The molecule has 12 nitrogen and oxygen atoms in total. The number of benzene rings is 2. The highest BCUT2D eigenvalue weighted by Crippen LogP contribution is 2.46. The SMILES string of the molecule is C[C@H]1CCCC(=O)CCC/C=C/c2cc(O)c(C(CC(=O)NCC(=O)NCc3ccco3)c3ccc4c(c3)OCO4)c(O)c2C(=O)O1. The van der Waals surface area contributed by atoms with E-state index in [2.05, 4.69) is 10.6 Å². The fraction of sp³-hybridized carbons (Fsp3) is 0.371. The first-order valence-corrected chi connectivity index (χ1v) is 15.6. The summed E-state index contributed by atoms with van der Waals surface area (Å²) in [6, 6.07) is 9.73. The van der Waals surface area contributed by atoms with Crippen LogP contribution in [0.25, 0.3) is 6.08 Å². The average Bonchev–Trinajstić information content (AvgIpc) is 3.73. The minimum atomic E-state index is -0.978. The Morgan fingerprint density at radius 2 is 1.81 bits per heavy atom. The van der Waals surface area contributed by atoms with Crippen molar-refractivity contribution in [2.45, 2.75) is 70.4 Å². The first kappa shape index (κ1) is 33.1. The van der Waals surface area contributed by atoms with Crippen molar-refractivity contribution in [1.29, 1.82) is 0 Å². The maximum atomic E-state index is 13.6. The van der Waals surface area contributed by atoms with Crippen molar-refractivity contribution in [2.24, 2.45) is 0 Å². The number of ether oxygens (including phenoxy) is 3. The van der Waals surface area contributed by atoms with Gasteiger partial charge in [0.05, 0.1) is 25.5 Å². The number of nitrogens with one attached hydrogen (secondary N) is 2. The number of ketones is 1. The highest BCUT2D eigenvalue weighted by atomic mass is 16.7. The normalized spacial score (nSPS) is 17.9. The number of rotatable bonds is 8. The van der Waals surface area contributed by atoms with Crippen molar-refractivity contribution in [3.63, 3.8) is 0 Å². The molecule has 0 radical (unpaired) electrons. The van der Waals surface area contributed by atoms with Gasteiger partial charge in [-0.1, -0.05) is 18.2 Å². The standard InChI is InChI=1S/C35H38N2O10/c1-21-7-5-10-24(38)9-4-2-3-8-23-15-27(39)33(34(42)32(23)35(43)47-21)26(22-12-13-28-29(16-22)46-20-45-28)17-30(40)37-19-31(41)36-18-25-11-6-14-44-25/h3,6,8,11-16,21,26,39,42H,2,4-5,7,9-10,17-20H2,1H3,(H,36,41)(H,37,40)/b8-3+/t21-,26?/m0/s1. The number of Topliss-reactive ketones (excluding diaryl/α,β-unsaturated/α-hetero) is 1. The van der Waals surface area contributed by atoms with Crippen LogP contribution in [0, 0.1) is 0 Å². The summed E-state index contributed by atoms with van der Waals surface area (Å²) in [6.07, 6.45) is 7.05. The summed E-state index contributed by atoms with van der Waals surface area (Å²) in [5.41, 5.74) is 0.494. The lowest BCUT2D eigenvalue weighted by Crippen LogP contribution is -2.37. The predicted molar refractivity (Wildman–Crippen MR) is 169 cm³/mol. The van der Waals surface area contributed by atoms with Crippen LogP contribution in [0.3, 0.4) is 0 Å². The van der Waals surface area contributed by atoms with Crippen molar-refractivity contribution in [1.82, 2.24) is 10.6 Å². The van der Waals surface area contributed by atoms with E-state index in [1.54, 1.807) is 49.4 Å². The first-order chi connectivity index (χ1) is 22.7. The van der Waals surface area contributed by atoms with Crippen molar-refractivity contribution >= 4 is 29.6 Å². The third-order valence-electron chi connectivity index (χ3n) is 8.07. The highest BCUT2D eigenvalue weighted by molar-refractivity contribution is 5.98. The van der Waals surface area contributed by atoms with Gasteiger partial charge in [-0.25, -0.2) is 4.79 Å². The largest absolute Gasteiger partial charge is 0.507 e. The zero-order valence-corrected chi connectivity index (χ0v) is 26.1. The molecule has 3 aromatic rings. The van der Waals surface area contributed by atoms with Gasteiger partial charge in [0.15, 0.2) is 11.5 Å². The topological polar surface area (TPSA) is 174 Å². The molecule has 2 aromatic carbocycles. The molecular formula is C35H38N2O10. The molecule has 0 saturated heterocycles. The average molecular weight is 647 g/mol. The van der Waals surface area contributed by atoms with Crippen LogP contribution in [0.4, 0.5) is 0 Å². The molecule has 2 amide bonds. The maximum absolute atomic E-state index is 13.6. The van der Waals surface area contributed by atoms with Gasteiger partial charge in [0.1, 0.15) is 28.6 Å². The number of fused-ring (bicyclic) bond motifs is 2. The number of hydrogen-bond acceptors (Lipinski definition) is 10. The van der Waals surface area contributed by atoms with Crippen LogP contribution in [0.1, 0.15) is 90.6 Å². The Morgan fingerprint density at radius 3 is 2.62 bits per heavy atom. The molecular weight excluding hydrogens is 608 g/mol. The van der Waals surface area contributed by atoms with Gasteiger partial charge in [-0.2, -0.15) is 0 Å². The molecule has 47 heavy (non-hydrogen) atoms. The van der Waals surface area contributed by atoms with Crippen LogP contribution in [-0.2, 0) is 25.7 Å². The minimum absolute atomic E-state index is 0.0108. The van der Waals surface area contributed by atoms with Crippen molar-refractivity contribution in [3.05, 3.63) is 76.8 Å². The molecule has 2 aliphatic rings. The Balaban J connectivity index is 1.46. The summed E-state index contributed by atoms with van der Waals surface area (Å²) in [7, 11) is 0. The van der Waals surface area contributed by atoms with Crippen LogP contribution in [0.5, 0.6) is 23.0 Å². The van der Waals surface area contributed by atoms with E-state index in [0.717, 1.165) is 0 Å². The zero-order chi connectivity index (χ0) is 33.3. The molecule has 0 saturated carbocycles. The van der Waals surface area contributed by atoms with Gasteiger partial charge in [-0.3, -0.25) is 14.4 Å². The Kier molecular flexibility index (Phi) is 10.8. The number of hydrogen-bond donors (Lipinski definition) is 4. The van der Waals surface area contributed by atoms with E-state index >= 15 is 0 Å². The Morgan fingerprint density at radius 1 is 1.00 bits per heavy atom. The highest BCUT2D eigenvalue weighted by Gasteiger charge is 2.32. The third kappa shape index (κ3) is 8.51. The van der Waals surface area contributed by atoms with E-state index in [1.807, 2.05) is 0 Å². The zero-order valence-electron chi connectivity index (χ0n) is 26.1. The first-order valence-electron chi connectivity index (χ1n) is 15.6. The Hall–Kier alpha value is -5.26. The number of aromatic hydroxyl groups is 2. The summed E-state index contributed by atoms with van der Waals surface area (Å²) >= 11 is 0. The molecule has 2 aliphatic heterocycles. The molecule has 0 fully saturated rings. The summed E-state index contributed by atoms with van der Waals surface area (Å²) < 4.78 is 21.9. The number of amides is 2. The molecule has 0 spiro atoms. The van der Waals surface area contributed by atoms with E-state index in [4.69, 9.17) is 18.6 Å². The van der Waals surface area contributed by atoms with Gasteiger partial charge < -0.3 is 39.5 Å².